The van der Waals surface area contributed by atoms with Gasteiger partial charge in [0.05, 0.1) is 11.7 Å². The minimum absolute atomic E-state index is 0.332. The van der Waals surface area contributed by atoms with E-state index in [2.05, 4.69) is 22.0 Å². The number of nitriles is 1. The Labute approximate surface area is 144 Å². The molecule has 4 nitrogen and oxygen atoms in total. The molecule has 0 aliphatic heterocycles. The summed E-state index contributed by atoms with van der Waals surface area (Å²) in [5.74, 6) is 0.402. The average Bonchev–Trinajstić information content (AvgIpc) is 2.60. The fourth-order valence-electron chi connectivity index (χ4n) is 2.16. The zero-order chi connectivity index (χ0) is 16.7. The lowest BCUT2D eigenvalue weighted by Crippen LogP contribution is -2.18. The standard InChI is InChI=1S/C18H18BrNO3/c19-9-8-16(21)18(22)14-6-7-15(11-20)17(10-14)23-12-13-4-2-1-3-5-13/h1-7,10,16,18,21-22H,8-9,12H2. The minimum Gasteiger partial charge on any atom is -0.488 e. The van der Waals surface area contributed by atoms with Gasteiger partial charge in [-0.2, -0.15) is 5.26 Å². The molecule has 120 valence electrons. The first-order valence-electron chi connectivity index (χ1n) is 7.28. The van der Waals surface area contributed by atoms with E-state index in [-0.39, 0.29) is 0 Å². The highest BCUT2D eigenvalue weighted by atomic mass is 79.9. The fraction of sp³-hybridized carbons (Fsp3) is 0.278. The number of ether oxygens (including phenoxy) is 1. The summed E-state index contributed by atoms with van der Waals surface area (Å²) in [6, 6.07) is 16.6. The number of alkyl halides is 1. The number of halogens is 1. The Kier molecular flexibility index (Phi) is 6.60. The molecule has 2 aromatic rings. The third kappa shape index (κ3) is 4.80. The Morgan fingerprint density at radius 2 is 1.87 bits per heavy atom. The second kappa shape index (κ2) is 8.68. The van der Waals surface area contributed by atoms with Crippen molar-refractivity contribution in [3.8, 4) is 11.8 Å². The SMILES string of the molecule is N#Cc1ccc(C(O)C(O)CCBr)cc1OCc1ccccc1. The Balaban J connectivity index is 2.17. The molecule has 0 fully saturated rings. The molecule has 0 aromatic heterocycles. The van der Waals surface area contributed by atoms with Gasteiger partial charge in [0.1, 0.15) is 24.5 Å². The molecule has 2 atom stereocenters. The molecule has 2 unspecified atom stereocenters. The maximum atomic E-state index is 10.2. The van der Waals surface area contributed by atoms with Crippen molar-refractivity contribution in [2.24, 2.45) is 0 Å². The third-order valence-corrected chi connectivity index (χ3v) is 3.93. The smallest absolute Gasteiger partial charge is 0.137 e. The predicted octanol–water partition coefficient (Wildman–Crippen LogP) is 3.32. The lowest BCUT2D eigenvalue weighted by molar-refractivity contribution is 0.0172. The van der Waals surface area contributed by atoms with Crippen LogP contribution >= 0.6 is 15.9 Å². The van der Waals surface area contributed by atoms with Crippen LogP contribution in [0.25, 0.3) is 0 Å². The highest BCUT2D eigenvalue weighted by Crippen LogP contribution is 2.27. The third-order valence-electron chi connectivity index (χ3n) is 3.47. The summed E-state index contributed by atoms with van der Waals surface area (Å²) in [7, 11) is 0. The van der Waals surface area contributed by atoms with E-state index in [1.807, 2.05) is 30.3 Å². The summed E-state index contributed by atoms with van der Waals surface area (Å²) in [5.41, 5.74) is 1.91. The quantitative estimate of drug-likeness (QED) is 0.728. The molecule has 2 N–H and O–H groups in total. The first-order chi connectivity index (χ1) is 11.2. The first kappa shape index (κ1) is 17.5. The summed E-state index contributed by atoms with van der Waals surface area (Å²) >= 11 is 3.24. The van der Waals surface area contributed by atoms with Gasteiger partial charge in [0.2, 0.25) is 0 Å². The van der Waals surface area contributed by atoms with Crippen molar-refractivity contribution in [1.29, 1.82) is 5.26 Å². The van der Waals surface area contributed by atoms with Crippen LogP contribution in [0.15, 0.2) is 48.5 Å². The van der Waals surface area contributed by atoms with Crippen molar-refractivity contribution in [3.05, 3.63) is 65.2 Å². The average molecular weight is 376 g/mol. The van der Waals surface area contributed by atoms with Crippen LogP contribution in [0.1, 0.15) is 29.2 Å². The van der Waals surface area contributed by atoms with E-state index in [1.165, 1.54) is 0 Å². The Morgan fingerprint density at radius 1 is 1.13 bits per heavy atom. The lowest BCUT2D eigenvalue weighted by Gasteiger charge is -2.18. The molecular weight excluding hydrogens is 358 g/mol. The van der Waals surface area contributed by atoms with Gasteiger partial charge in [-0.1, -0.05) is 52.3 Å². The largest absolute Gasteiger partial charge is 0.488 e. The maximum Gasteiger partial charge on any atom is 0.137 e. The van der Waals surface area contributed by atoms with Gasteiger partial charge in [0, 0.05) is 5.33 Å². The second-order valence-electron chi connectivity index (χ2n) is 5.13. The van der Waals surface area contributed by atoms with Gasteiger partial charge in [-0.25, -0.2) is 0 Å². The predicted molar refractivity (Wildman–Crippen MR) is 91.3 cm³/mol. The van der Waals surface area contributed by atoms with Crippen molar-refractivity contribution >= 4 is 15.9 Å². The zero-order valence-corrected chi connectivity index (χ0v) is 14.1. The van der Waals surface area contributed by atoms with Crippen molar-refractivity contribution in [2.75, 3.05) is 5.33 Å². The van der Waals surface area contributed by atoms with Crippen molar-refractivity contribution < 1.29 is 14.9 Å². The minimum atomic E-state index is -1.01. The molecule has 0 radical (unpaired) electrons. The van der Waals surface area contributed by atoms with Crippen LogP contribution in [0.2, 0.25) is 0 Å². The summed E-state index contributed by atoms with van der Waals surface area (Å²) in [4.78, 5) is 0. The molecule has 0 amide bonds. The molecule has 0 saturated carbocycles. The number of benzene rings is 2. The Bertz CT molecular complexity index is 670. The van der Waals surface area contributed by atoms with Crippen LogP contribution in [0.5, 0.6) is 5.75 Å². The van der Waals surface area contributed by atoms with Crippen LogP contribution in [-0.2, 0) is 6.61 Å². The van der Waals surface area contributed by atoms with Gasteiger partial charge in [-0.3, -0.25) is 0 Å². The van der Waals surface area contributed by atoms with Gasteiger partial charge in [0.15, 0.2) is 0 Å². The maximum absolute atomic E-state index is 10.2. The molecule has 2 rings (SSSR count). The van der Waals surface area contributed by atoms with Crippen molar-refractivity contribution in [2.45, 2.75) is 25.2 Å². The normalized spacial score (nSPS) is 13.1. The van der Waals surface area contributed by atoms with E-state index in [4.69, 9.17) is 4.74 Å². The molecule has 0 bridgehead atoms. The van der Waals surface area contributed by atoms with Gasteiger partial charge in [-0.15, -0.1) is 0 Å². The van der Waals surface area contributed by atoms with Crippen LogP contribution in [0.3, 0.4) is 0 Å². The van der Waals surface area contributed by atoms with E-state index >= 15 is 0 Å². The molecular formula is C18H18BrNO3. The zero-order valence-electron chi connectivity index (χ0n) is 12.5. The van der Waals surface area contributed by atoms with E-state index in [0.717, 1.165) is 5.56 Å². The van der Waals surface area contributed by atoms with Gasteiger partial charge in [-0.05, 0) is 29.7 Å². The number of hydrogen-bond donors (Lipinski definition) is 2. The topological polar surface area (TPSA) is 73.5 Å². The number of rotatable bonds is 7. The Hall–Kier alpha value is -1.87. The van der Waals surface area contributed by atoms with Gasteiger partial charge in [0.25, 0.3) is 0 Å². The molecule has 0 heterocycles. The summed E-state index contributed by atoms with van der Waals surface area (Å²) < 4.78 is 5.72. The first-order valence-corrected chi connectivity index (χ1v) is 8.40. The highest BCUT2D eigenvalue weighted by Gasteiger charge is 2.19. The van der Waals surface area contributed by atoms with Gasteiger partial charge >= 0.3 is 0 Å². The van der Waals surface area contributed by atoms with E-state index in [9.17, 15) is 15.5 Å². The van der Waals surface area contributed by atoms with Crippen LogP contribution < -0.4 is 4.74 Å². The van der Waals surface area contributed by atoms with Crippen molar-refractivity contribution in [3.63, 3.8) is 0 Å². The van der Waals surface area contributed by atoms with E-state index in [1.54, 1.807) is 18.2 Å². The van der Waals surface area contributed by atoms with Crippen LogP contribution in [0, 0.1) is 11.3 Å². The monoisotopic (exact) mass is 375 g/mol. The second-order valence-corrected chi connectivity index (χ2v) is 5.92. The summed E-state index contributed by atoms with van der Waals surface area (Å²) in [5, 5.41) is 29.9. The van der Waals surface area contributed by atoms with E-state index in [0.29, 0.717) is 35.2 Å². The number of aliphatic hydroxyl groups excluding tert-OH is 2. The Morgan fingerprint density at radius 3 is 2.52 bits per heavy atom. The molecule has 0 aliphatic rings. The van der Waals surface area contributed by atoms with Crippen LogP contribution in [0.4, 0.5) is 0 Å². The fourth-order valence-corrected chi connectivity index (χ4v) is 2.63. The number of hydrogen-bond acceptors (Lipinski definition) is 4. The van der Waals surface area contributed by atoms with Crippen molar-refractivity contribution in [1.82, 2.24) is 0 Å². The lowest BCUT2D eigenvalue weighted by atomic mass is 10.0. The molecule has 0 aliphatic carbocycles. The molecule has 0 spiro atoms. The highest BCUT2D eigenvalue weighted by molar-refractivity contribution is 9.09. The number of nitrogens with zero attached hydrogens (tertiary/aromatic N) is 1. The summed E-state index contributed by atoms with van der Waals surface area (Å²) in [6.07, 6.45) is -1.45. The summed E-state index contributed by atoms with van der Waals surface area (Å²) in [6.45, 7) is 0.332. The van der Waals surface area contributed by atoms with Gasteiger partial charge < -0.3 is 14.9 Å². The molecule has 0 saturated heterocycles. The van der Waals surface area contributed by atoms with E-state index < -0.39 is 12.2 Å². The number of aliphatic hydroxyl groups is 2. The molecule has 5 heteroatoms. The van der Waals surface area contributed by atoms with Crippen LogP contribution in [-0.4, -0.2) is 21.6 Å². The molecule has 23 heavy (non-hydrogen) atoms. The molecule has 2 aromatic carbocycles.